The van der Waals surface area contributed by atoms with E-state index in [1.54, 1.807) is 29.2 Å². The van der Waals surface area contributed by atoms with Crippen LogP contribution in [0.15, 0.2) is 53.1 Å². The molecule has 0 amide bonds. The molecule has 7 nitrogen and oxygen atoms in total. The van der Waals surface area contributed by atoms with E-state index >= 15 is 0 Å². The molecule has 0 bridgehead atoms. The van der Waals surface area contributed by atoms with Gasteiger partial charge in [0.15, 0.2) is 5.96 Å². The van der Waals surface area contributed by atoms with Crippen LogP contribution in [0.5, 0.6) is 5.75 Å². The first kappa shape index (κ1) is 23.4. The molecule has 0 radical (unpaired) electrons. The Morgan fingerprint density at radius 3 is 2.47 bits per heavy atom. The molecule has 1 aromatic heterocycles. The highest BCUT2D eigenvalue weighted by molar-refractivity contribution is 5.85. The zero-order chi connectivity index (χ0) is 22.0. The lowest BCUT2D eigenvalue weighted by molar-refractivity contribution is -0.137. The molecule has 2 aromatic carbocycles. The average Bonchev–Trinajstić information content (AvgIpc) is 3.42. The van der Waals surface area contributed by atoms with Gasteiger partial charge in [-0.15, -0.1) is 12.4 Å². The van der Waals surface area contributed by atoms with Crippen LogP contribution in [-0.4, -0.2) is 27.5 Å². The summed E-state index contributed by atoms with van der Waals surface area (Å²) < 4.78 is 48.9. The molecule has 0 saturated carbocycles. The van der Waals surface area contributed by atoms with Crippen molar-refractivity contribution in [2.24, 2.45) is 5.73 Å². The Kier molecular flexibility index (Phi) is 6.93. The first-order valence-corrected chi connectivity index (χ1v) is 9.65. The van der Waals surface area contributed by atoms with E-state index in [0.29, 0.717) is 29.6 Å². The Morgan fingerprint density at radius 2 is 1.84 bits per heavy atom. The summed E-state index contributed by atoms with van der Waals surface area (Å²) in [4.78, 5) is 6.17. The fourth-order valence-electron chi connectivity index (χ4n) is 3.46. The van der Waals surface area contributed by atoms with E-state index in [9.17, 15) is 13.2 Å². The van der Waals surface area contributed by atoms with Gasteiger partial charge in [0.2, 0.25) is 11.7 Å². The highest BCUT2D eigenvalue weighted by Gasteiger charge is 2.32. The lowest BCUT2D eigenvalue weighted by atomic mass is 10.1. The van der Waals surface area contributed by atoms with Gasteiger partial charge in [0.05, 0.1) is 5.56 Å². The normalized spacial score (nSPS) is 16.0. The van der Waals surface area contributed by atoms with Crippen LogP contribution < -0.4 is 10.5 Å². The van der Waals surface area contributed by atoms with Gasteiger partial charge in [0.25, 0.3) is 0 Å². The van der Waals surface area contributed by atoms with Gasteiger partial charge in [0, 0.05) is 12.1 Å². The molecule has 1 aliphatic rings. The van der Waals surface area contributed by atoms with E-state index in [-0.39, 0.29) is 31.0 Å². The Morgan fingerprint density at radius 1 is 1.16 bits per heavy atom. The Hall–Kier alpha value is -3.27. The number of likely N-dealkylation sites (tertiary alicyclic amines) is 1. The van der Waals surface area contributed by atoms with E-state index in [4.69, 9.17) is 20.4 Å². The second kappa shape index (κ2) is 9.47. The maximum absolute atomic E-state index is 12.6. The quantitative estimate of drug-likeness (QED) is 0.413. The van der Waals surface area contributed by atoms with Crippen LogP contribution in [0.4, 0.5) is 13.2 Å². The lowest BCUT2D eigenvalue weighted by Gasteiger charge is -2.21. The molecule has 1 aliphatic heterocycles. The molecule has 0 spiro atoms. The van der Waals surface area contributed by atoms with Crippen LogP contribution in [0.1, 0.15) is 35.9 Å². The Bertz CT molecular complexity index is 1050. The predicted molar refractivity (Wildman–Crippen MR) is 113 cm³/mol. The van der Waals surface area contributed by atoms with Crippen LogP contribution in [0.2, 0.25) is 0 Å². The van der Waals surface area contributed by atoms with Gasteiger partial charge in [-0.25, -0.2) is 0 Å². The maximum atomic E-state index is 12.6. The van der Waals surface area contributed by atoms with E-state index < -0.39 is 11.7 Å². The third-order valence-corrected chi connectivity index (χ3v) is 5.09. The van der Waals surface area contributed by atoms with Crippen molar-refractivity contribution in [2.75, 3.05) is 6.54 Å². The minimum absolute atomic E-state index is 0. The van der Waals surface area contributed by atoms with Crippen LogP contribution in [0, 0.1) is 5.41 Å². The zero-order valence-electron chi connectivity index (χ0n) is 16.8. The third kappa shape index (κ3) is 5.13. The maximum Gasteiger partial charge on any atom is 0.416 e. The van der Waals surface area contributed by atoms with Crippen molar-refractivity contribution in [1.29, 1.82) is 5.41 Å². The van der Waals surface area contributed by atoms with Gasteiger partial charge >= 0.3 is 6.18 Å². The lowest BCUT2D eigenvalue weighted by Crippen LogP contribution is -2.35. The molecule has 1 atom stereocenters. The minimum Gasteiger partial charge on any atom is -0.489 e. The number of halogens is 4. The highest BCUT2D eigenvalue weighted by Crippen LogP contribution is 2.32. The number of rotatable bonds is 5. The number of hydrogen-bond donors (Lipinski definition) is 2. The fraction of sp³-hybridized carbons (Fsp3) is 0.286. The molecule has 2 heterocycles. The first-order valence-electron chi connectivity index (χ1n) is 9.65. The fourth-order valence-corrected chi connectivity index (χ4v) is 3.46. The number of hydrogen-bond acceptors (Lipinski definition) is 5. The molecule has 0 aliphatic carbocycles. The summed E-state index contributed by atoms with van der Waals surface area (Å²) >= 11 is 0. The largest absolute Gasteiger partial charge is 0.489 e. The van der Waals surface area contributed by atoms with Crippen molar-refractivity contribution < 1.29 is 22.4 Å². The van der Waals surface area contributed by atoms with Gasteiger partial charge < -0.3 is 19.9 Å². The molecule has 0 unspecified atom stereocenters. The van der Waals surface area contributed by atoms with Gasteiger partial charge in [-0.1, -0.05) is 17.3 Å². The van der Waals surface area contributed by atoms with E-state index in [2.05, 4.69) is 10.1 Å². The number of benzene rings is 2. The minimum atomic E-state index is -4.35. The number of nitrogens with two attached hydrogens (primary N) is 1. The number of aromatic nitrogens is 2. The summed E-state index contributed by atoms with van der Waals surface area (Å²) in [5.41, 5.74) is 6.28. The molecule has 32 heavy (non-hydrogen) atoms. The molecule has 3 aromatic rings. The van der Waals surface area contributed by atoms with Crippen molar-refractivity contribution in [2.45, 2.75) is 31.7 Å². The summed E-state index contributed by atoms with van der Waals surface area (Å²) in [6, 6.07) is 11.7. The van der Waals surface area contributed by atoms with Crippen LogP contribution in [0.3, 0.4) is 0 Å². The van der Waals surface area contributed by atoms with Gasteiger partial charge in [-0.2, -0.15) is 18.2 Å². The zero-order valence-corrected chi connectivity index (χ0v) is 17.6. The highest BCUT2D eigenvalue weighted by atomic mass is 35.5. The predicted octanol–water partition coefficient (Wildman–Crippen LogP) is 4.79. The van der Waals surface area contributed by atoms with E-state index in [1.165, 1.54) is 12.1 Å². The molecular formula is C21H21ClF3N5O2. The SMILES string of the molecule is Cl.N=C(N)N1CCC[C@H]1c1nc(-c2ccc(OCc3ccc(C(F)(F)F)cc3)cc2)no1. The number of ether oxygens (including phenoxy) is 1. The molecule has 3 N–H and O–H groups in total. The van der Waals surface area contributed by atoms with Crippen molar-refractivity contribution in [3.8, 4) is 17.1 Å². The summed E-state index contributed by atoms with van der Waals surface area (Å²) in [5, 5.41) is 11.7. The number of nitrogens with zero attached hydrogens (tertiary/aromatic N) is 3. The monoisotopic (exact) mass is 467 g/mol. The van der Waals surface area contributed by atoms with Crippen molar-refractivity contribution in [3.05, 3.63) is 65.5 Å². The molecule has 4 rings (SSSR count). The number of nitrogens with one attached hydrogen (secondary N) is 1. The second-order valence-electron chi connectivity index (χ2n) is 7.20. The molecule has 11 heteroatoms. The van der Waals surface area contributed by atoms with E-state index in [1.807, 2.05) is 0 Å². The summed E-state index contributed by atoms with van der Waals surface area (Å²) in [6.45, 7) is 0.828. The molecule has 170 valence electrons. The topological polar surface area (TPSA) is 101 Å². The molecule has 1 saturated heterocycles. The molecular weight excluding hydrogens is 447 g/mol. The second-order valence-corrected chi connectivity index (χ2v) is 7.20. The van der Waals surface area contributed by atoms with Crippen LogP contribution in [0.25, 0.3) is 11.4 Å². The third-order valence-electron chi connectivity index (χ3n) is 5.09. The summed E-state index contributed by atoms with van der Waals surface area (Å²) in [6.07, 6.45) is -2.67. The van der Waals surface area contributed by atoms with Crippen molar-refractivity contribution in [1.82, 2.24) is 15.0 Å². The Labute approximate surface area is 188 Å². The Balaban J connectivity index is 0.00000289. The average molecular weight is 468 g/mol. The smallest absolute Gasteiger partial charge is 0.416 e. The van der Waals surface area contributed by atoms with Crippen LogP contribution in [-0.2, 0) is 12.8 Å². The van der Waals surface area contributed by atoms with Gasteiger partial charge in [0.1, 0.15) is 18.4 Å². The van der Waals surface area contributed by atoms with E-state index in [0.717, 1.165) is 30.5 Å². The van der Waals surface area contributed by atoms with Gasteiger partial charge in [-0.05, 0) is 54.8 Å². The standard InChI is InChI=1S/C21H20F3N5O2.ClH/c22-21(23,24)15-7-3-13(4-8-15)12-30-16-9-5-14(6-10-16)18-27-19(31-28-18)17-2-1-11-29(17)20(25)26;/h3-10,17H,1-2,11-12H2,(H3,25,26);1H/t17-;/m0./s1. The summed E-state index contributed by atoms with van der Waals surface area (Å²) in [5.74, 6) is 1.38. The van der Waals surface area contributed by atoms with Crippen LogP contribution >= 0.6 is 12.4 Å². The van der Waals surface area contributed by atoms with Gasteiger partial charge in [-0.3, -0.25) is 5.41 Å². The number of guanidine groups is 1. The summed E-state index contributed by atoms with van der Waals surface area (Å²) in [7, 11) is 0. The van der Waals surface area contributed by atoms with Crippen molar-refractivity contribution >= 4 is 18.4 Å². The van der Waals surface area contributed by atoms with Crippen molar-refractivity contribution in [3.63, 3.8) is 0 Å². The first-order chi connectivity index (χ1) is 14.8. The number of alkyl halides is 3. The molecule has 1 fully saturated rings.